The van der Waals surface area contributed by atoms with Crippen LogP contribution >= 0.6 is 0 Å². The van der Waals surface area contributed by atoms with Crippen molar-refractivity contribution in [2.24, 2.45) is 0 Å². The van der Waals surface area contributed by atoms with Gasteiger partial charge in [-0.1, -0.05) is 18.2 Å². The fourth-order valence-corrected chi connectivity index (χ4v) is 3.26. The highest BCUT2D eigenvalue weighted by Gasteiger charge is 2.33. The van der Waals surface area contributed by atoms with Gasteiger partial charge in [-0.2, -0.15) is 4.68 Å². The van der Waals surface area contributed by atoms with Gasteiger partial charge in [-0.25, -0.2) is 8.42 Å². The number of rotatable bonds is 6. The van der Waals surface area contributed by atoms with E-state index < -0.39 is 26.7 Å². The van der Waals surface area contributed by atoms with Crippen molar-refractivity contribution in [3.05, 3.63) is 36.2 Å². The average molecular weight is 335 g/mol. The molecular formula is C14H17N5O3S. The van der Waals surface area contributed by atoms with Gasteiger partial charge in [-0.15, -0.1) is 5.10 Å². The summed E-state index contributed by atoms with van der Waals surface area (Å²) in [7, 11) is -3.71. The second-order valence-electron chi connectivity index (χ2n) is 5.57. The van der Waals surface area contributed by atoms with Crippen molar-refractivity contribution in [1.29, 1.82) is 0 Å². The van der Waals surface area contributed by atoms with Crippen molar-refractivity contribution in [3.63, 3.8) is 0 Å². The summed E-state index contributed by atoms with van der Waals surface area (Å²) < 4.78 is 26.3. The van der Waals surface area contributed by atoms with Crippen LogP contribution in [0.25, 0.3) is 5.69 Å². The molecule has 1 heterocycles. The van der Waals surface area contributed by atoms with Crippen LogP contribution in [0.2, 0.25) is 0 Å². The third-order valence-electron chi connectivity index (χ3n) is 3.70. The number of nitrogens with zero attached hydrogens (tertiary/aromatic N) is 4. The number of hydrogen-bond acceptors (Lipinski definition) is 6. The number of carbonyl (C=O) groups excluding carboxylic acids is 1. The van der Waals surface area contributed by atoms with Gasteiger partial charge in [0, 0.05) is 6.04 Å². The van der Waals surface area contributed by atoms with E-state index in [0.29, 0.717) is 5.69 Å². The van der Waals surface area contributed by atoms with E-state index in [4.69, 9.17) is 0 Å². The Hall–Kier alpha value is -2.29. The number of sulfone groups is 1. The van der Waals surface area contributed by atoms with E-state index in [1.807, 2.05) is 6.07 Å². The van der Waals surface area contributed by atoms with Gasteiger partial charge >= 0.3 is 0 Å². The maximum atomic E-state index is 12.5. The molecule has 122 valence electrons. The number of para-hydroxylation sites is 1. The van der Waals surface area contributed by atoms with E-state index in [1.165, 1.54) is 11.6 Å². The number of benzene rings is 1. The average Bonchev–Trinajstić information content (AvgIpc) is 3.23. The molecule has 1 amide bonds. The van der Waals surface area contributed by atoms with Crippen LogP contribution in [0.15, 0.2) is 30.3 Å². The summed E-state index contributed by atoms with van der Waals surface area (Å²) in [6, 6.07) is 9.12. The third kappa shape index (κ3) is 3.55. The lowest BCUT2D eigenvalue weighted by atomic mass is 10.3. The Balaban J connectivity index is 1.78. The topological polar surface area (TPSA) is 107 Å². The first-order valence-electron chi connectivity index (χ1n) is 7.32. The van der Waals surface area contributed by atoms with Crippen LogP contribution in [0.3, 0.4) is 0 Å². The van der Waals surface area contributed by atoms with E-state index in [0.717, 1.165) is 12.8 Å². The van der Waals surface area contributed by atoms with Gasteiger partial charge in [0.05, 0.1) is 5.69 Å². The minimum Gasteiger partial charge on any atom is -0.352 e. The first kappa shape index (κ1) is 15.6. The molecule has 1 aromatic heterocycles. The Morgan fingerprint density at radius 2 is 2.04 bits per heavy atom. The molecule has 3 rings (SSSR count). The van der Waals surface area contributed by atoms with E-state index in [-0.39, 0.29) is 11.9 Å². The lowest BCUT2D eigenvalue weighted by Gasteiger charge is -2.12. The minimum absolute atomic E-state index is 0.120. The summed E-state index contributed by atoms with van der Waals surface area (Å²) in [5, 5.41) is 12.7. The van der Waals surface area contributed by atoms with E-state index >= 15 is 0 Å². The molecule has 1 aliphatic rings. The predicted molar refractivity (Wildman–Crippen MR) is 82.4 cm³/mol. The van der Waals surface area contributed by atoms with E-state index in [1.54, 1.807) is 24.3 Å². The maximum absolute atomic E-state index is 12.5. The van der Waals surface area contributed by atoms with Gasteiger partial charge in [0.1, 0.15) is 11.0 Å². The minimum atomic E-state index is -3.71. The fourth-order valence-electron chi connectivity index (χ4n) is 2.08. The molecule has 0 unspecified atom stereocenters. The third-order valence-corrected chi connectivity index (χ3v) is 5.65. The van der Waals surface area contributed by atoms with E-state index in [2.05, 4.69) is 20.8 Å². The zero-order valence-electron chi connectivity index (χ0n) is 12.6. The number of amides is 1. The van der Waals surface area contributed by atoms with Gasteiger partial charge in [-0.05, 0) is 42.3 Å². The summed E-state index contributed by atoms with van der Waals surface area (Å²) >= 11 is 0. The highest BCUT2D eigenvalue weighted by molar-refractivity contribution is 7.92. The Morgan fingerprint density at radius 3 is 2.70 bits per heavy atom. The molecule has 8 nitrogen and oxygen atoms in total. The SMILES string of the molecule is C[C@H](C(=O)NC1CC1)S(=O)(=O)Cc1nnnn1-c1ccccc1. The van der Waals surface area contributed by atoms with Gasteiger partial charge in [0.2, 0.25) is 5.91 Å². The Bertz CT molecular complexity index is 799. The molecule has 0 spiro atoms. The van der Waals surface area contributed by atoms with Gasteiger partial charge in [-0.3, -0.25) is 4.79 Å². The summed E-state index contributed by atoms with van der Waals surface area (Å²) in [6.07, 6.45) is 1.82. The molecule has 23 heavy (non-hydrogen) atoms. The van der Waals surface area contributed by atoms with Crippen LogP contribution in [0.5, 0.6) is 0 Å². The number of hydrogen-bond donors (Lipinski definition) is 1. The van der Waals surface area contributed by atoms with Crippen molar-refractivity contribution in [3.8, 4) is 5.69 Å². The van der Waals surface area contributed by atoms with Crippen LogP contribution in [-0.2, 0) is 20.4 Å². The van der Waals surface area contributed by atoms with Crippen molar-refractivity contribution in [2.75, 3.05) is 0 Å². The summed E-state index contributed by atoms with van der Waals surface area (Å²) in [5.41, 5.74) is 0.665. The molecular weight excluding hydrogens is 318 g/mol. The predicted octanol–water partition coefficient (Wildman–Crippen LogP) is 0.244. The number of tetrazole rings is 1. The highest BCUT2D eigenvalue weighted by atomic mass is 32.2. The van der Waals surface area contributed by atoms with Gasteiger partial charge in [0.15, 0.2) is 15.7 Å². The molecule has 1 saturated carbocycles. The Kier molecular flexibility index (Phi) is 4.12. The Morgan fingerprint density at radius 1 is 1.35 bits per heavy atom. The van der Waals surface area contributed by atoms with Crippen molar-refractivity contribution in [2.45, 2.75) is 36.8 Å². The first-order valence-corrected chi connectivity index (χ1v) is 9.03. The first-order chi connectivity index (χ1) is 11.0. The van der Waals surface area contributed by atoms with Crippen LogP contribution < -0.4 is 5.32 Å². The van der Waals surface area contributed by atoms with Gasteiger partial charge in [0.25, 0.3) is 0 Å². The summed E-state index contributed by atoms with van der Waals surface area (Å²) in [6.45, 7) is 1.39. The zero-order valence-corrected chi connectivity index (χ0v) is 13.4. The smallest absolute Gasteiger partial charge is 0.238 e. The second kappa shape index (κ2) is 6.07. The van der Waals surface area contributed by atoms with Crippen LogP contribution in [0.4, 0.5) is 0 Å². The lowest BCUT2D eigenvalue weighted by Crippen LogP contribution is -2.39. The molecule has 9 heteroatoms. The van der Waals surface area contributed by atoms with E-state index in [9.17, 15) is 13.2 Å². The zero-order chi connectivity index (χ0) is 16.4. The molecule has 1 aromatic carbocycles. The maximum Gasteiger partial charge on any atom is 0.238 e. The molecule has 0 saturated heterocycles. The molecule has 2 aromatic rings. The highest BCUT2D eigenvalue weighted by Crippen LogP contribution is 2.20. The van der Waals surface area contributed by atoms with Crippen LogP contribution in [0, 0.1) is 0 Å². The normalized spacial score (nSPS) is 16.0. The second-order valence-corrected chi connectivity index (χ2v) is 7.90. The summed E-state index contributed by atoms with van der Waals surface area (Å²) in [4.78, 5) is 12.0. The van der Waals surface area contributed by atoms with Crippen molar-refractivity contribution in [1.82, 2.24) is 25.5 Å². The molecule has 1 N–H and O–H groups in total. The van der Waals surface area contributed by atoms with Crippen LogP contribution in [0.1, 0.15) is 25.6 Å². The molecule has 1 fully saturated rings. The van der Waals surface area contributed by atoms with Crippen molar-refractivity contribution < 1.29 is 13.2 Å². The monoisotopic (exact) mass is 335 g/mol. The van der Waals surface area contributed by atoms with Crippen LogP contribution in [-0.4, -0.2) is 45.8 Å². The molecule has 0 bridgehead atoms. The molecule has 0 aliphatic heterocycles. The summed E-state index contributed by atoms with van der Waals surface area (Å²) in [5.74, 6) is -0.678. The Labute approximate surface area is 133 Å². The van der Waals surface area contributed by atoms with Crippen molar-refractivity contribution >= 4 is 15.7 Å². The fraction of sp³-hybridized carbons (Fsp3) is 0.429. The standard InChI is InChI=1S/C14H17N5O3S/c1-10(14(20)15-11-7-8-11)23(21,22)9-13-16-17-18-19(13)12-5-3-2-4-6-12/h2-6,10-11H,7-9H2,1H3,(H,15,20)/t10-/m1/s1. The van der Waals surface area contributed by atoms with Gasteiger partial charge < -0.3 is 5.32 Å². The lowest BCUT2D eigenvalue weighted by molar-refractivity contribution is -0.120. The largest absolute Gasteiger partial charge is 0.352 e. The number of aromatic nitrogens is 4. The number of carbonyl (C=O) groups is 1. The molecule has 1 atom stereocenters. The molecule has 1 aliphatic carbocycles. The molecule has 0 radical (unpaired) electrons. The number of nitrogens with one attached hydrogen (secondary N) is 1. The quantitative estimate of drug-likeness (QED) is 0.810.